The topological polar surface area (TPSA) is 124 Å². The summed E-state index contributed by atoms with van der Waals surface area (Å²) >= 11 is 0. The number of imidazole rings is 1. The normalized spacial score (nSPS) is 16.4. The van der Waals surface area contributed by atoms with Crippen LogP contribution in [0.15, 0.2) is 52.5 Å². The summed E-state index contributed by atoms with van der Waals surface area (Å²) in [5, 5.41) is 14.7. The van der Waals surface area contributed by atoms with E-state index in [4.69, 9.17) is 4.74 Å². The molecule has 10 heteroatoms. The number of aromatic nitrogens is 5. The maximum absolute atomic E-state index is 11.4. The van der Waals surface area contributed by atoms with Gasteiger partial charge in [0.1, 0.15) is 5.69 Å². The monoisotopic (exact) mass is 419 g/mol. The highest BCUT2D eigenvalue weighted by Crippen LogP contribution is 2.15. The van der Waals surface area contributed by atoms with Gasteiger partial charge in [-0.25, -0.2) is 19.3 Å². The van der Waals surface area contributed by atoms with Crippen molar-refractivity contribution in [2.24, 2.45) is 4.99 Å². The molecular weight excluding hydrogens is 398 g/mol. The van der Waals surface area contributed by atoms with E-state index in [-0.39, 0.29) is 11.6 Å². The number of nitrogens with one attached hydrogen (secondary N) is 2. The fraction of sp³-hybridized carbons (Fsp3) is 0.238. The molecule has 0 unspecified atom stereocenters. The molecule has 4 aromatic rings. The molecule has 0 saturated carbocycles. The Morgan fingerprint density at radius 3 is 2.90 bits per heavy atom. The lowest BCUT2D eigenvalue weighted by atomic mass is 10.2. The lowest BCUT2D eigenvalue weighted by Crippen LogP contribution is -2.35. The van der Waals surface area contributed by atoms with Crippen molar-refractivity contribution in [1.82, 2.24) is 29.5 Å². The van der Waals surface area contributed by atoms with Gasteiger partial charge in [-0.3, -0.25) is 9.88 Å². The summed E-state index contributed by atoms with van der Waals surface area (Å²) in [5.41, 5.74) is 2.89. The minimum atomic E-state index is -0.485. The molecule has 31 heavy (non-hydrogen) atoms. The summed E-state index contributed by atoms with van der Waals surface area (Å²) in [6.45, 7) is 4.27. The van der Waals surface area contributed by atoms with Crippen molar-refractivity contribution in [3.8, 4) is 5.88 Å². The van der Waals surface area contributed by atoms with Crippen LogP contribution in [0.25, 0.3) is 11.7 Å². The molecule has 4 heterocycles. The maximum atomic E-state index is 11.4. The number of fused-ring (bicyclic) bond motifs is 1. The lowest BCUT2D eigenvalue weighted by Gasteiger charge is -2.26. The van der Waals surface area contributed by atoms with Crippen molar-refractivity contribution in [2.45, 2.75) is 6.54 Å². The van der Waals surface area contributed by atoms with Crippen LogP contribution in [0.1, 0.15) is 11.3 Å². The van der Waals surface area contributed by atoms with Gasteiger partial charge in [-0.1, -0.05) is 12.1 Å². The zero-order chi connectivity index (χ0) is 21.2. The zero-order valence-electron chi connectivity index (χ0n) is 16.7. The second kappa shape index (κ2) is 8.17. The minimum absolute atomic E-state index is 0.234. The van der Waals surface area contributed by atoms with Crippen molar-refractivity contribution in [3.63, 3.8) is 0 Å². The summed E-state index contributed by atoms with van der Waals surface area (Å²) < 4.78 is 7.02. The molecule has 158 valence electrons. The number of aromatic hydroxyl groups is 1. The first kappa shape index (κ1) is 19.2. The number of ether oxygens (including phenoxy) is 1. The van der Waals surface area contributed by atoms with Crippen molar-refractivity contribution in [3.05, 3.63) is 75.2 Å². The Labute approximate surface area is 176 Å². The van der Waals surface area contributed by atoms with E-state index in [0.29, 0.717) is 16.4 Å². The van der Waals surface area contributed by atoms with Gasteiger partial charge in [-0.2, -0.15) is 5.10 Å². The molecule has 3 N–H and O–H groups in total. The Morgan fingerprint density at radius 1 is 1.23 bits per heavy atom. The number of rotatable bonds is 4. The van der Waals surface area contributed by atoms with E-state index in [9.17, 15) is 9.90 Å². The third kappa shape index (κ3) is 4.25. The Balaban J connectivity index is 1.48. The molecule has 0 aliphatic carbocycles. The van der Waals surface area contributed by atoms with Crippen LogP contribution in [0.3, 0.4) is 0 Å². The Kier molecular flexibility index (Phi) is 5.06. The summed E-state index contributed by atoms with van der Waals surface area (Å²) in [5.74, 6) is -0.234. The molecular formula is C21H21N7O3. The number of morpholine rings is 1. The van der Waals surface area contributed by atoms with Crippen LogP contribution in [0.5, 0.6) is 5.88 Å². The van der Waals surface area contributed by atoms with Gasteiger partial charge >= 0.3 is 5.69 Å². The summed E-state index contributed by atoms with van der Waals surface area (Å²) in [4.78, 5) is 27.8. The fourth-order valence-electron chi connectivity index (χ4n) is 3.56. The predicted molar refractivity (Wildman–Crippen MR) is 113 cm³/mol. The van der Waals surface area contributed by atoms with Crippen molar-refractivity contribution in [1.29, 1.82) is 0 Å². The molecule has 0 spiro atoms. The Hall–Kier alpha value is -3.76. The first-order valence-corrected chi connectivity index (χ1v) is 9.95. The van der Waals surface area contributed by atoms with Gasteiger partial charge < -0.3 is 14.8 Å². The number of benzene rings is 1. The molecule has 0 radical (unpaired) electrons. The van der Waals surface area contributed by atoms with Crippen LogP contribution in [0.4, 0.5) is 5.69 Å². The van der Waals surface area contributed by atoms with Crippen molar-refractivity contribution >= 4 is 17.4 Å². The van der Waals surface area contributed by atoms with Crippen LogP contribution in [-0.4, -0.2) is 60.9 Å². The van der Waals surface area contributed by atoms with Gasteiger partial charge in [-0.15, -0.1) is 0 Å². The van der Waals surface area contributed by atoms with E-state index < -0.39 is 5.69 Å². The van der Waals surface area contributed by atoms with Crippen LogP contribution < -0.4 is 16.4 Å². The number of nitrogens with zero attached hydrogens (tertiary/aromatic N) is 5. The summed E-state index contributed by atoms with van der Waals surface area (Å²) in [6, 6.07) is 9.89. The zero-order valence-corrected chi connectivity index (χ0v) is 16.7. The highest BCUT2D eigenvalue weighted by atomic mass is 16.5. The minimum Gasteiger partial charge on any atom is -0.493 e. The maximum Gasteiger partial charge on any atom is 0.326 e. The molecule has 5 rings (SSSR count). The Bertz CT molecular complexity index is 1400. The molecule has 1 saturated heterocycles. The first-order chi connectivity index (χ1) is 15.1. The van der Waals surface area contributed by atoms with E-state index in [1.54, 1.807) is 29.1 Å². The smallest absolute Gasteiger partial charge is 0.326 e. The standard InChI is InChI=1S/C21H21N7O3/c29-20-17(24-21(30)26-20)11-15-12-22-28-5-4-18(25-19(15)28)23-16-3-1-2-14(10-16)13-27-6-8-31-9-7-27/h1-5,10-12,29H,6-9,13H2,(H2,24,26,30)/b15-11-,23-18?. The van der Waals surface area contributed by atoms with Gasteiger partial charge in [0.25, 0.3) is 0 Å². The summed E-state index contributed by atoms with van der Waals surface area (Å²) in [7, 11) is 0. The fourth-order valence-corrected chi connectivity index (χ4v) is 3.56. The van der Waals surface area contributed by atoms with Crippen LogP contribution in [0.2, 0.25) is 0 Å². The number of aromatic amines is 2. The number of hydrogen-bond acceptors (Lipinski definition) is 7. The van der Waals surface area contributed by atoms with Gasteiger partial charge in [0.05, 0.1) is 25.1 Å². The molecule has 1 aromatic carbocycles. The second-order valence-electron chi connectivity index (χ2n) is 7.31. The lowest BCUT2D eigenvalue weighted by molar-refractivity contribution is 0.0342. The molecule has 0 atom stereocenters. The van der Waals surface area contributed by atoms with Crippen molar-refractivity contribution in [2.75, 3.05) is 26.3 Å². The molecule has 3 aromatic heterocycles. The van der Waals surface area contributed by atoms with Crippen LogP contribution in [-0.2, 0) is 11.3 Å². The number of hydrogen-bond donors (Lipinski definition) is 3. The van der Waals surface area contributed by atoms with E-state index >= 15 is 0 Å². The van der Waals surface area contributed by atoms with Crippen molar-refractivity contribution < 1.29 is 9.84 Å². The summed E-state index contributed by atoms with van der Waals surface area (Å²) in [6.07, 6.45) is 4.99. The molecule has 0 bridgehead atoms. The predicted octanol–water partition coefficient (Wildman–Crippen LogP) is 0.0636. The molecule has 1 fully saturated rings. The van der Waals surface area contributed by atoms with Crippen LogP contribution >= 0.6 is 0 Å². The third-order valence-electron chi connectivity index (χ3n) is 5.08. The van der Waals surface area contributed by atoms with Gasteiger partial charge in [-0.05, 0) is 23.8 Å². The SMILES string of the molecule is O=c1[nH]c(O)c(/C=c2/cnn3ccc(=Nc4cccc(CN5CCOCC5)c4)nc23)[nH]1. The van der Waals surface area contributed by atoms with E-state index in [2.05, 4.69) is 42.1 Å². The highest BCUT2D eigenvalue weighted by molar-refractivity contribution is 5.56. The van der Waals surface area contributed by atoms with E-state index in [1.807, 2.05) is 12.1 Å². The third-order valence-corrected chi connectivity index (χ3v) is 5.08. The van der Waals surface area contributed by atoms with E-state index in [1.165, 1.54) is 5.56 Å². The van der Waals surface area contributed by atoms with Gasteiger partial charge in [0.2, 0.25) is 5.88 Å². The molecule has 1 aliphatic rings. The number of H-pyrrole nitrogens is 2. The highest BCUT2D eigenvalue weighted by Gasteiger charge is 2.10. The van der Waals surface area contributed by atoms with Gasteiger partial charge in [0, 0.05) is 37.1 Å². The molecule has 0 amide bonds. The second-order valence-corrected chi connectivity index (χ2v) is 7.31. The first-order valence-electron chi connectivity index (χ1n) is 9.95. The average Bonchev–Trinajstić information content (AvgIpc) is 3.31. The molecule has 1 aliphatic heterocycles. The average molecular weight is 419 g/mol. The molecule has 10 nitrogen and oxygen atoms in total. The Morgan fingerprint density at radius 2 is 2.10 bits per heavy atom. The van der Waals surface area contributed by atoms with E-state index in [0.717, 1.165) is 38.5 Å². The quantitative estimate of drug-likeness (QED) is 0.430. The van der Waals surface area contributed by atoms with Crippen LogP contribution in [0, 0.1) is 0 Å². The largest absolute Gasteiger partial charge is 0.493 e. The van der Waals surface area contributed by atoms with Gasteiger partial charge in [0.15, 0.2) is 11.1 Å².